The average Bonchev–Trinajstić information content (AvgIpc) is 3.12. The molecule has 4 rings (SSSR count). The first-order valence-electron chi connectivity index (χ1n) is 12.5. The molecular weight excluding hydrogens is 442 g/mol. The number of methoxy groups -OCH3 is 2. The molecule has 0 bridgehead atoms. The van der Waals surface area contributed by atoms with Crippen molar-refractivity contribution in [3.63, 3.8) is 0 Å². The second kappa shape index (κ2) is 11.1. The molecule has 0 aliphatic carbocycles. The number of piperidine rings is 1. The summed E-state index contributed by atoms with van der Waals surface area (Å²) in [6, 6.07) is 12.2. The number of nitrogens with zero attached hydrogens (tertiary/aromatic N) is 2. The maximum atomic E-state index is 13.4. The summed E-state index contributed by atoms with van der Waals surface area (Å²) in [5.74, 6) is 2.46. The smallest absolute Gasteiger partial charge is 0.255 e. The summed E-state index contributed by atoms with van der Waals surface area (Å²) in [6.45, 7) is 8.67. The van der Waals surface area contributed by atoms with Gasteiger partial charge < -0.3 is 24.6 Å². The highest BCUT2D eigenvalue weighted by Crippen LogP contribution is 2.37. The van der Waals surface area contributed by atoms with Crippen LogP contribution in [-0.4, -0.2) is 62.0 Å². The van der Waals surface area contributed by atoms with Gasteiger partial charge in [-0.15, -0.1) is 0 Å². The number of ether oxygens (including phenoxy) is 2. The molecule has 0 aromatic heterocycles. The number of benzene rings is 2. The summed E-state index contributed by atoms with van der Waals surface area (Å²) in [5, 5.41) is 3.10. The Hall–Kier alpha value is -3.06. The summed E-state index contributed by atoms with van der Waals surface area (Å²) in [4.78, 5) is 30.9. The number of carbonyl (C=O) groups excluding carboxylic acids is 2. The van der Waals surface area contributed by atoms with E-state index in [4.69, 9.17) is 9.47 Å². The van der Waals surface area contributed by atoms with Crippen LogP contribution in [0.15, 0.2) is 42.5 Å². The van der Waals surface area contributed by atoms with Gasteiger partial charge in [-0.1, -0.05) is 32.0 Å². The molecular formula is C28H37N3O4. The summed E-state index contributed by atoms with van der Waals surface area (Å²) in [7, 11) is 3.20. The minimum atomic E-state index is -0.676. The summed E-state index contributed by atoms with van der Waals surface area (Å²) >= 11 is 0. The number of hydrogen-bond acceptors (Lipinski definition) is 5. The zero-order valence-electron chi connectivity index (χ0n) is 21.3. The third-order valence-corrected chi connectivity index (χ3v) is 7.03. The van der Waals surface area contributed by atoms with Gasteiger partial charge in [0, 0.05) is 30.8 Å². The van der Waals surface area contributed by atoms with E-state index in [0.717, 1.165) is 49.0 Å². The quantitative estimate of drug-likeness (QED) is 0.553. The van der Waals surface area contributed by atoms with Gasteiger partial charge in [-0.3, -0.25) is 9.59 Å². The fraction of sp³-hybridized carbons (Fsp3) is 0.500. The molecule has 35 heavy (non-hydrogen) atoms. The topological polar surface area (TPSA) is 71.1 Å². The normalized spacial score (nSPS) is 22.1. The third kappa shape index (κ3) is 5.61. The van der Waals surface area contributed by atoms with Crippen LogP contribution in [0.2, 0.25) is 0 Å². The fourth-order valence-electron chi connectivity index (χ4n) is 5.59. The molecule has 2 aliphatic rings. The molecule has 1 fully saturated rings. The molecule has 2 aliphatic heterocycles. The van der Waals surface area contributed by atoms with Crippen LogP contribution in [0.3, 0.4) is 0 Å². The van der Waals surface area contributed by atoms with Crippen molar-refractivity contribution in [1.29, 1.82) is 0 Å². The van der Waals surface area contributed by atoms with Gasteiger partial charge in [-0.25, -0.2) is 0 Å². The van der Waals surface area contributed by atoms with Gasteiger partial charge in [0.1, 0.15) is 17.5 Å². The van der Waals surface area contributed by atoms with E-state index in [2.05, 4.69) is 24.1 Å². The Balaban J connectivity index is 1.46. The van der Waals surface area contributed by atoms with E-state index in [1.165, 1.54) is 6.42 Å². The zero-order valence-corrected chi connectivity index (χ0v) is 21.3. The molecule has 1 saturated heterocycles. The minimum absolute atomic E-state index is 0.148. The van der Waals surface area contributed by atoms with Crippen molar-refractivity contribution in [1.82, 2.24) is 15.1 Å². The maximum Gasteiger partial charge on any atom is 0.255 e. The molecule has 3 atom stereocenters. The Morgan fingerprint density at radius 2 is 1.80 bits per heavy atom. The van der Waals surface area contributed by atoms with Crippen LogP contribution in [0, 0.1) is 11.8 Å². The molecule has 1 N–H and O–H groups in total. The van der Waals surface area contributed by atoms with Gasteiger partial charge in [0.25, 0.3) is 5.91 Å². The molecule has 3 unspecified atom stereocenters. The Morgan fingerprint density at radius 1 is 1.06 bits per heavy atom. The number of likely N-dealkylation sites (tertiary alicyclic amines) is 1. The molecule has 7 nitrogen and oxygen atoms in total. The van der Waals surface area contributed by atoms with Crippen molar-refractivity contribution in [2.45, 2.75) is 39.3 Å². The molecule has 2 aromatic carbocycles. The van der Waals surface area contributed by atoms with E-state index < -0.39 is 6.04 Å². The first-order chi connectivity index (χ1) is 16.9. The molecule has 188 valence electrons. The van der Waals surface area contributed by atoms with Crippen molar-refractivity contribution in [3.05, 3.63) is 59.2 Å². The van der Waals surface area contributed by atoms with Gasteiger partial charge in [-0.2, -0.15) is 0 Å². The SMILES string of the molecule is COc1ccc(OC)c(CN2C(=O)c3ccccc3C2C(=O)NCCCN2CC(C)CC(C)C2)c1. The van der Waals surface area contributed by atoms with Crippen LogP contribution in [0.4, 0.5) is 0 Å². The largest absolute Gasteiger partial charge is 0.497 e. The number of rotatable bonds is 9. The average molecular weight is 480 g/mol. The van der Waals surface area contributed by atoms with E-state index in [9.17, 15) is 9.59 Å². The third-order valence-electron chi connectivity index (χ3n) is 7.03. The summed E-state index contributed by atoms with van der Waals surface area (Å²) in [6.07, 6.45) is 2.17. The van der Waals surface area contributed by atoms with Crippen LogP contribution in [0.1, 0.15) is 54.2 Å². The lowest BCUT2D eigenvalue weighted by molar-refractivity contribution is -0.125. The van der Waals surface area contributed by atoms with Crippen LogP contribution >= 0.6 is 0 Å². The predicted molar refractivity (Wildman–Crippen MR) is 136 cm³/mol. The Labute approximate surface area is 208 Å². The molecule has 2 amide bonds. The van der Waals surface area contributed by atoms with E-state index in [1.807, 2.05) is 36.4 Å². The number of fused-ring (bicyclic) bond motifs is 1. The number of carbonyl (C=O) groups is 2. The lowest BCUT2D eigenvalue weighted by Crippen LogP contribution is -2.41. The number of amides is 2. The maximum absolute atomic E-state index is 13.4. The van der Waals surface area contributed by atoms with Crippen molar-refractivity contribution in [2.24, 2.45) is 11.8 Å². The highest BCUT2D eigenvalue weighted by atomic mass is 16.5. The molecule has 0 spiro atoms. The second-order valence-electron chi connectivity index (χ2n) is 9.95. The molecule has 2 aromatic rings. The second-order valence-corrected chi connectivity index (χ2v) is 9.95. The van der Waals surface area contributed by atoms with Crippen LogP contribution in [-0.2, 0) is 11.3 Å². The van der Waals surface area contributed by atoms with E-state index in [1.54, 1.807) is 25.2 Å². The number of nitrogens with one attached hydrogen (secondary N) is 1. The van der Waals surface area contributed by atoms with E-state index in [0.29, 0.717) is 23.6 Å². The molecule has 2 heterocycles. The highest BCUT2D eigenvalue weighted by molar-refractivity contribution is 6.04. The Morgan fingerprint density at radius 3 is 2.51 bits per heavy atom. The Kier molecular flexibility index (Phi) is 7.96. The van der Waals surface area contributed by atoms with Gasteiger partial charge in [0.2, 0.25) is 5.91 Å². The molecule has 0 saturated carbocycles. The van der Waals surface area contributed by atoms with Gasteiger partial charge in [-0.05, 0) is 61.1 Å². The van der Waals surface area contributed by atoms with Gasteiger partial charge in [0.05, 0.1) is 20.8 Å². The predicted octanol–water partition coefficient (Wildman–Crippen LogP) is 3.89. The standard InChI is InChI=1S/C28H37N3O4/c1-19-14-20(2)17-30(16-19)13-7-12-29-27(32)26-23-8-5-6-9-24(23)28(33)31(26)18-21-15-22(34-3)10-11-25(21)35-4/h5-6,8-11,15,19-20,26H,7,12-14,16-18H2,1-4H3,(H,29,32). The van der Waals surface area contributed by atoms with Crippen molar-refractivity contribution in [2.75, 3.05) is 40.4 Å². The first-order valence-corrected chi connectivity index (χ1v) is 12.5. The van der Waals surface area contributed by atoms with Gasteiger partial charge >= 0.3 is 0 Å². The highest BCUT2D eigenvalue weighted by Gasteiger charge is 2.41. The van der Waals surface area contributed by atoms with Crippen LogP contribution in [0.5, 0.6) is 11.5 Å². The first kappa shape index (κ1) is 25.0. The zero-order chi connectivity index (χ0) is 24.9. The molecule has 0 radical (unpaired) electrons. The summed E-state index contributed by atoms with van der Waals surface area (Å²) < 4.78 is 10.9. The number of hydrogen-bond donors (Lipinski definition) is 1. The summed E-state index contributed by atoms with van der Waals surface area (Å²) in [5.41, 5.74) is 2.11. The molecule has 7 heteroatoms. The Bertz CT molecular complexity index is 1050. The van der Waals surface area contributed by atoms with Crippen LogP contribution < -0.4 is 14.8 Å². The monoisotopic (exact) mass is 479 g/mol. The van der Waals surface area contributed by atoms with Gasteiger partial charge in [0.15, 0.2) is 0 Å². The van der Waals surface area contributed by atoms with E-state index in [-0.39, 0.29) is 18.4 Å². The lowest BCUT2D eigenvalue weighted by atomic mass is 9.92. The lowest BCUT2D eigenvalue weighted by Gasteiger charge is -2.35. The fourth-order valence-corrected chi connectivity index (χ4v) is 5.59. The van der Waals surface area contributed by atoms with E-state index >= 15 is 0 Å². The van der Waals surface area contributed by atoms with Crippen LogP contribution in [0.25, 0.3) is 0 Å². The minimum Gasteiger partial charge on any atom is -0.497 e. The van der Waals surface area contributed by atoms with Crippen molar-refractivity contribution >= 4 is 11.8 Å². The van der Waals surface area contributed by atoms with Crippen molar-refractivity contribution < 1.29 is 19.1 Å². The van der Waals surface area contributed by atoms with Crippen molar-refractivity contribution in [3.8, 4) is 11.5 Å².